The quantitative estimate of drug-likeness (QED) is 0.380. The Morgan fingerprint density at radius 2 is 1.67 bits per heavy atom. The summed E-state index contributed by atoms with van der Waals surface area (Å²) < 4.78 is 0. The highest BCUT2D eigenvalue weighted by Crippen LogP contribution is 2.46. The summed E-state index contributed by atoms with van der Waals surface area (Å²) in [5.41, 5.74) is 0.580. The second kappa shape index (κ2) is 10.4. The summed E-state index contributed by atoms with van der Waals surface area (Å²) in [6.07, 6.45) is 19.1. The molecule has 124 valence electrons. The van der Waals surface area contributed by atoms with Crippen LogP contribution in [0.2, 0.25) is 0 Å². The molecule has 0 amide bonds. The van der Waals surface area contributed by atoms with Gasteiger partial charge in [0.15, 0.2) is 0 Å². The van der Waals surface area contributed by atoms with Crippen molar-refractivity contribution in [2.24, 2.45) is 17.3 Å². The average Bonchev–Trinajstić information content (AvgIpc) is 2.43. The van der Waals surface area contributed by atoms with Crippen LogP contribution in [-0.4, -0.2) is 11.7 Å². The second-order valence-corrected chi connectivity index (χ2v) is 7.82. The Labute approximate surface area is 133 Å². The van der Waals surface area contributed by atoms with Gasteiger partial charge in [0.1, 0.15) is 0 Å². The lowest BCUT2D eigenvalue weighted by atomic mass is 9.62. The maximum atomic E-state index is 8.64. The molecule has 0 bridgehead atoms. The topological polar surface area (TPSA) is 20.2 Å². The van der Waals surface area contributed by atoms with Gasteiger partial charge in [0.25, 0.3) is 0 Å². The smallest absolute Gasteiger partial charge is 0.0612 e. The highest BCUT2D eigenvalue weighted by molar-refractivity contribution is 4.86. The Kier molecular flexibility index (Phi) is 9.31. The van der Waals surface area contributed by atoms with Gasteiger partial charge in [-0.15, -0.1) is 0 Å². The predicted octanol–water partition coefficient (Wildman–Crippen LogP) is 6.12. The van der Waals surface area contributed by atoms with Gasteiger partial charge in [0.05, 0.1) is 6.61 Å². The summed E-state index contributed by atoms with van der Waals surface area (Å²) in [6.45, 7) is 7.65. The number of allylic oxidation sites excluding steroid dienone is 1. The summed E-state index contributed by atoms with van der Waals surface area (Å²) in [5.74, 6) is 1.89. The van der Waals surface area contributed by atoms with Crippen LogP contribution in [0, 0.1) is 17.3 Å². The molecule has 1 aliphatic rings. The monoisotopic (exact) mass is 294 g/mol. The van der Waals surface area contributed by atoms with Crippen LogP contribution in [0.5, 0.6) is 0 Å². The fraction of sp³-hybridized carbons (Fsp3) is 0.900. The van der Waals surface area contributed by atoms with Crippen molar-refractivity contribution < 1.29 is 5.11 Å². The van der Waals surface area contributed by atoms with E-state index in [0.717, 1.165) is 18.3 Å². The first-order valence-corrected chi connectivity index (χ1v) is 9.34. The van der Waals surface area contributed by atoms with E-state index in [1.54, 1.807) is 0 Å². The van der Waals surface area contributed by atoms with E-state index < -0.39 is 0 Å². The molecule has 21 heavy (non-hydrogen) atoms. The summed E-state index contributed by atoms with van der Waals surface area (Å²) in [6, 6.07) is 0. The molecule has 1 fully saturated rings. The van der Waals surface area contributed by atoms with Crippen LogP contribution in [-0.2, 0) is 0 Å². The predicted molar refractivity (Wildman–Crippen MR) is 93.4 cm³/mol. The molecule has 0 spiro atoms. The van der Waals surface area contributed by atoms with Crippen LogP contribution in [0.15, 0.2) is 12.2 Å². The molecule has 0 aliphatic heterocycles. The Balaban J connectivity index is 2.02. The molecule has 0 aromatic rings. The lowest BCUT2D eigenvalue weighted by Crippen LogP contribution is -2.33. The van der Waals surface area contributed by atoms with Crippen molar-refractivity contribution in [3.8, 4) is 0 Å². The molecule has 2 unspecified atom stereocenters. The number of unbranched alkanes of at least 4 members (excludes halogenated alkanes) is 6. The van der Waals surface area contributed by atoms with E-state index in [0.29, 0.717) is 5.41 Å². The molecular formula is C20H38O. The van der Waals surface area contributed by atoms with Crippen molar-refractivity contribution in [3.05, 3.63) is 12.2 Å². The summed E-state index contributed by atoms with van der Waals surface area (Å²) in [4.78, 5) is 0. The zero-order valence-corrected chi connectivity index (χ0v) is 14.7. The van der Waals surface area contributed by atoms with Crippen molar-refractivity contribution in [2.75, 3.05) is 6.61 Å². The molecule has 1 rings (SSSR count). The number of aliphatic hydroxyl groups is 1. The van der Waals surface area contributed by atoms with Crippen LogP contribution in [0.3, 0.4) is 0 Å². The fourth-order valence-corrected chi connectivity index (χ4v) is 4.24. The minimum absolute atomic E-state index is 0.190. The van der Waals surface area contributed by atoms with E-state index in [1.807, 2.05) is 6.08 Å². The average molecular weight is 295 g/mol. The van der Waals surface area contributed by atoms with Crippen molar-refractivity contribution >= 4 is 0 Å². The molecule has 1 heteroatoms. The normalized spacial score (nSPS) is 25.5. The molecule has 0 radical (unpaired) electrons. The molecule has 1 N–H and O–H groups in total. The van der Waals surface area contributed by atoms with Gasteiger partial charge in [-0.25, -0.2) is 0 Å². The largest absolute Gasteiger partial charge is 0.392 e. The minimum Gasteiger partial charge on any atom is -0.392 e. The third-order valence-electron chi connectivity index (χ3n) is 5.58. The molecule has 0 aromatic carbocycles. The van der Waals surface area contributed by atoms with Gasteiger partial charge in [0, 0.05) is 0 Å². The van der Waals surface area contributed by atoms with Crippen LogP contribution in [0.4, 0.5) is 0 Å². The lowest BCUT2D eigenvalue weighted by Gasteiger charge is -2.43. The Bertz CT molecular complexity index is 280. The number of hydrogen-bond donors (Lipinski definition) is 1. The van der Waals surface area contributed by atoms with Crippen molar-refractivity contribution in [1.29, 1.82) is 0 Å². The molecule has 0 heterocycles. The van der Waals surface area contributed by atoms with E-state index in [9.17, 15) is 0 Å². The van der Waals surface area contributed by atoms with Gasteiger partial charge in [-0.3, -0.25) is 0 Å². The molecule has 1 saturated carbocycles. The zero-order valence-electron chi connectivity index (χ0n) is 14.7. The number of hydrogen-bond acceptors (Lipinski definition) is 1. The third kappa shape index (κ3) is 7.49. The molecule has 0 saturated heterocycles. The maximum Gasteiger partial charge on any atom is 0.0612 e. The summed E-state index contributed by atoms with van der Waals surface area (Å²) in [5, 5.41) is 8.64. The van der Waals surface area contributed by atoms with Crippen LogP contribution in [0.25, 0.3) is 0 Å². The molecule has 1 aliphatic carbocycles. The molecule has 0 aromatic heterocycles. The van der Waals surface area contributed by atoms with Crippen molar-refractivity contribution in [2.45, 2.75) is 91.4 Å². The molecule has 1 nitrogen and oxygen atoms in total. The SMILES string of the molecule is CC1CCCC(C)(C)C1CCCCCCCC/C=C/CO. The van der Waals surface area contributed by atoms with E-state index in [-0.39, 0.29) is 6.61 Å². The maximum absolute atomic E-state index is 8.64. The number of rotatable bonds is 10. The van der Waals surface area contributed by atoms with Crippen molar-refractivity contribution in [3.63, 3.8) is 0 Å². The van der Waals surface area contributed by atoms with Crippen LogP contribution in [0.1, 0.15) is 91.4 Å². The van der Waals surface area contributed by atoms with Crippen molar-refractivity contribution in [1.82, 2.24) is 0 Å². The van der Waals surface area contributed by atoms with E-state index in [1.165, 1.54) is 64.2 Å². The standard InChI is InChI=1S/C20H38O/c1-18-14-13-16-20(2,3)19(18)15-11-9-7-5-4-6-8-10-12-17-21/h10,12,18-19,21H,4-9,11,13-17H2,1-3H3/b12-10+. The Morgan fingerprint density at radius 3 is 2.33 bits per heavy atom. The van der Waals surface area contributed by atoms with Crippen LogP contribution >= 0.6 is 0 Å². The van der Waals surface area contributed by atoms with E-state index in [2.05, 4.69) is 26.8 Å². The Morgan fingerprint density at radius 1 is 1.00 bits per heavy atom. The van der Waals surface area contributed by atoms with Gasteiger partial charge in [0.2, 0.25) is 0 Å². The molecular weight excluding hydrogens is 256 g/mol. The summed E-state index contributed by atoms with van der Waals surface area (Å²) >= 11 is 0. The first kappa shape index (κ1) is 18.7. The van der Waals surface area contributed by atoms with E-state index in [4.69, 9.17) is 5.11 Å². The number of aliphatic hydroxyl groups excluding tert-OH is 1. The highest BCUT2D eigenvalue weighted by Gasteiger charge is 2.35. The van der Waals surface area contributed by atoms with Gasteiger partial charge < -0.3 is 5.11 Å². The highest BCUT2D eigenvalue weighted by atomic mass is 16.2. The molecule has 2 atom stereocenters. The Hall–Kier alpha value is -0.300. The van der Waals surface area contributed by atoms with Gasteiger partial charge in [-0.05, 0) is 42.9 Å². The van der Waals surface area contributed by atoms with Gasteiger partial charge in [-0.2, -0.15) is 0 Å². The minimum atomic E-state index is 0.190. The summed E-state index contributed by atoms with van der Waals surface area (Å²) in [7, 11) is 0. The van der Waals surface area contributed by atoms with Gasteiger partial charge >= 0.3 is 0 Å². The third-order valence-corrected chi connectivity index (χ3v) is 5.58. The van der Waals surface area contributed by atoms with E-state index >= 15 is 0 Å². The zero-order chi connectivity index (χ0) is 15.6. The fourth-order valence-electron chi connectivity index (χ4n) is 4.24. The first-order chi connectivity index (χ1) is 10.1. The van der Waals surface area contributed by atoms with Crippen LogP contribution < -0.4 is 0 Å². The second-order valence-electron chi connectivity index (χ2n) is 7.82. The lowest BCUT2D eigenvalue weighted by molar-refractivity contribution is 0.0740. The van der Waals surface area contributed by atoms with Gasteiger partial charge in [-0.1, -0.05) is 77.9 Å². The first-order valence-electron chi connectivity index (χ1n) is 9.34.